The third-order valence-electron chi connectivity index (χ3n) is 3.33. The molecule has 5 heteroatoms. The van der Waals surface area contributed by atoms with Crippen LogP contribution in [-0.4, -0.2) is 22.8 Å². The van der Waals surface area contributed by atoms with E-state index in [1.807, 2.05) is 6.07 Å². The molecular weight excluding hydrogens is 294 g/mol. The smallest absolute Gasteiger partial charge is 0.269 e. The molecule has 1 fully saturated rings. The average Bonchev–Trinajstić information content (AvgIpc) is 3.17. The highest BCUT2D eigenvalue weighted by Gasteiger charge is 2.41. The Hall–Kier alpha value is -1.41. The van der Waals surface area contributed by atoms with E-state index in [1.165, 1.54) is 19.0 Å². The van der Waals surface area contributed by atoms with E-state index in [1.54, 1.807) is 12.1 Å². The van der Waals surface area contributed by atoms with Gasteiger partial charge in [-0.05, 0) is 36.8 Å². The van der Waals surface area contributed by atoms with Crippen molar-refractivity contribution in [1.82, 2.24) is 10.3 Å². The van der Waals surface area contributed by atoms with Crippen molar-refractivity contribution in [3.8, 4) is 6.07 Å². The number of nitrogens with one attached hydrogen (secondary N) is 1. The van der Waals surface area contributed by atoms with Crippen molar-refractivity contribution in [2.75, 3.05) is 11.9 Å². The van der Waals surface area contributed by atoms with Gasteiger partial charge < -0.3 is 5.32 Å². The monoisotopic (exact) mass is 307 g/mol. The zero-order valence-corrected chi connectivity index (χ0v) is 11.5. The van der Waals surface area contributed by atoms with Crippen molar-refractivity contribution >= 4 is 21.8 Å². The van der Waals surface area contributed by atoms with Crippen LogP contribution in [0.25, 0.3) is 0 Å². The molecule has 0 aliphatic heterocycles. The number of aromatic nitrogens is 1. The SMILES string of the molecule is N#Cc1ccc(C(=O)NCC2(CCBr)CC2)nc1. The van der Waals surface area contributed by atoms with E-state index in [-0.39, 0.29) is 5.91 Å². The van der Waals surface area contributed by atoms with Gasteiger partial charge in [0.15, 0.2) is 0 Å². The molecule has 94 valence electrons. The van der Waals surface area contributed by atoms with Crippen LogP contribution in [-0.2, 0) is 0 Å². The van der Waals surface area contributed by atoms with E-state index in [0.717, 1.165) is 11.8 Å². The standard InChI is InChI=1S/C13H14BrN3O/c14-6-5-13(3-4-13)9-17-12(18)11-2-1-10(7-15)8-16-11/h1-2,8H,3-6,9H2,(H,17,18). The number of nitrogens with zero attached hydrogens (tertiary/aromatic N) is 2. The fourth-order valence-corrected chi connectivity index (χ4v) is 2.69. The topological polar surface area (TPSA) is 65.8 Å². The van der Waals surface area contributed by atoms with Crippen LogP contribution in [0.1, 0.15) is 35.3 Å². The van der Waals surface area contributed by atoms with E-state index >= 15 is 0 Å². The van der Waals surface area contributed by atoms with Gasteiger partial charge in [-0.1, -0.05) is 15.9 Å². The minimum atomic E-state index is -0.166. The maximum absolute atomic E-state index is 11.9. The highest BCUT2D eigenvalue weighted by molar-refractivity contribution is 9.09. The first-order valence-corrected chi connectivity index (χ1v) is 7.02. The Morgan fingerprint density at radius 2 is 2.33 bits per heavy atom. The molecule has 1 aromatic heterocycles. The van der Waals surface area contributed by atoms with Gasteiger partial charge in [0.05, 0.1) is 5.56 Å². The van der Waals surface area contributed by atoms with Gasteiger partial charge in [-0.3, -0.25) is 4.79 Å². The molecule has 1 aromatic rings. The largest absolute Gasteiger partial charge is 0.350 e. The van der Waals surface area contributed by atoms with Crippen LogP contribution in [0, 0.1) is 16.7 Å². The molecule has 0 bridgehead atoms. The number of halogens is 1. The van der Waals surface area contributed by atoms with E-state index in [2.05, 4.69) is 26.2 Å². The van der Waals surface area contributed by atoms with Gasteiger partial charge in [0.1, 0.15) is 11.8 Å². The maximum atomic E-state index is 11.9. The Balaban J connectivity index is 1.90. The normalized spacial score (nSPS) is 15.8. The zero-order chi connectivity index (χ0) is 13.0. The lowest BCUT2D eigenvalue weighted by Gasteiger charge is -2.14. The van der Waals surface area contributed by atoms with E-state index < -0.39 is 0 Å². The lowest BCUT2D eigenvalue weighted by atomic mass is 10.0. The van der Waals surface area contributed by atoms with Gasteiger partial charge in [0.2, 0.25) is 0 Å². The molecule has 1 N–H and O–H groups in total. The number of hydrogen-bond donors (Lipinski definition) is 1. The molecule has 0 spiro atoms. The van der Waals surface area contributed by atoms with Crippen molar-refractivity contribution in [3.05, 3.63) is 29.6 Å². The molecule has 2 rings (SSSR count). The predicted molar refractivity (Wildman–Crippen MR) is 71.4 cm³/mol. The summed E-state index contributed by atoms with van der Waals surface area (Å²) < 4.78 is 0. The van der Waals surface area contributed by atoms with Crippen molar-refractivity contribution in [2.45, 2.75) is 19.3 Å². The highest BCUT2D eigenvalue weighted by Crippen LogP contribution is 2.48. The molecule has 0 saturated heterocycles. The second-order valence-electron chi connectivity index (χ2n) is 4.67. The number of rotatable bonds is 5. The fraction of sp³-hybridized carbons (Fsp3) is 0.462. The van der Waals surface area contributed by atoms with Crippen LogP contribution >= 0.6 is 15.9 Å². The lowest BCUT2D eigenvalue weighted by Crippen LogP contribution is -2.31. The van der Waals surface area contributed by atoms with Crippen LogP contribution < -0.4 is 5.32 Å². The van der Waals surface area contributed by atoms with Gasteiger partial charge in [-0.25, -0.2) is 4.98 Å². The summed E-state index contributed by atoms with van der Waals surface area (Å²) >= 11 is 3.44. The number of amides is 1. The molecule has 4 nitrogen and oxygen atoms in total. The van der Waals surface area contributed by atoms with Crippen LogP contribution in [0.4, 0.5) is 0 Å². The number of carbonyl (C=O) groups is 1. The first kappa shape index (κ1) is 13.0. The molecule has 1 heterocycles. The van der Waals surface area contributed by atoms with Crippen molar-refractivity contribution < 1.29 is 4.79 Å². The molecule has 18 heavy (non-hydrogen) atoms. The quantitative estimate of drug-likeness (QED) is 0.848. The summed E-state index contributed by atoms with van der Waals surface area (Å²) in [6, 6.07) is 5.16. The van der Waals surface area contributed by atoms with Gasteiger partial charge in [0, 0.05) is 18.1 Å². The summed E-state index contributed by atoms with van der Waals surface area (Å²) in [4.78, 5) is 15.8. The fourth-order valence-electron chi connectivity index (χ4n) is 1.85. The van der Waals surface area contributed by atoms with E-state index in [0.29, 0.717) is 23.2 Å². The first-order chi connectivity index (χ1) is 8.69. The van der Waals surface area contributed by atoms with Gasteiger partial charge in [0.25, 0.3) is 5.91 Å². The van der Waals surface area contributed by atoms with Crippen LogP contribution in [0.5, 0.6) is 0 Å². The van der Waals surface area contributed by atoms with Crippen LogP contribution in [0.15, 0.2) is 18.3 Å². The number of nitriles is 1. The molecular formula is C13H14BrN3O. The summed E-state index contributed by atoms with van der Waals surface area (Å²) in [5, 5.41) is 12.5. The minimum absolute atomic E-state index is 0.166. The summed E-state index contributed by atoms with van der Waals surface area (Å²) in [5.41, 5.74) is 1.12. The molecule has 0 aromatic carbocycles. The molecule has 1 aliphatic carbocycles. The highest BCUT2D eigenvalue weighted by atomic mass is 79.9. The number of carbonyl (C=O) groups excluding carboxylic acids is 1. The second kappa shape index (κ2) is 5.49. The van der Waals surface area contributed by atoms with Gasteiger partial charge >= 0.3 is 0 Å². The molecule has 1 saturated carbocycles. The molecule has 1 amide bonds. The van der Waals surface area contributed by atoms with Crippen LogP contribution in [0.3, 0.4) is 0 Å². The Morgan fingerprint density at radius 3 is 2.83 bits per heavy atom. The Morgan fingerprint density at radius 1 is 1.56 bits per heavy atom. The second-order valence-corrected chi connectivity index (χ2v) is 5.46. The average molecular weight is 308 g/mol. The van der Waals surface area contributed by atoms with Crippen molar-refractivity contribution in [1.29, 1.82) is 5.26 Å². The Bertz CT molecular complexity index is 474. The predicted octanol–water partition coefficient (Wildman–Crippen LogP) is 2.25. The zero-order valence-electron chi connectivity index (χ0n) is 9.95. The first-order valence-electron chi connectivity index (χ1n) is 5.89. The summed E-state index contributed by atoms with van der Waals surface area (Å²) in [6.45, 7) is 0.707. The minimum Gasteiger partial charge on any atom is -0.350 e. The van der Waals surface area contributed by atoms with Crippen molar-refractivity contribution in [3.63, 3.8) is 0 Å². The summed E-state index contributed by atoms with van der Waals surface area (Å²) in [5.74, 6) is -0.166. The van der Waals surface area contributed by atoms with Crippen LogP contribution in [0.2, 0.25) is 0 Å². The van der Waals surface area contributed by atoms with E-state index in [4.69, 9.17) is 5.26 Å². The molecule has 1 aliphatic rings. The summed E-state index contributed by atoms with van der Waals surface area (Å²) in [7, 11) is 0. The third-order valence-corrected chi connectivity index (χ3v) is 3.73. The lowest BCUT2D eigenvalue weighted by molar-refractivity contribution is 0.0939. The number of hydrogen-bond acceptors (Lipinski definition) is 3. The Kier molecular flexibility index (Phi) is 3.97. The molecule has 0 radical (unpaired) electrons. The third kappa shape index (κ3) is 3.08. The number of pyridine rings is 1. The maximum Gasteiger partial charge on any atom is 0.269 e. The van der Waals surface area contributed by atoms with Gasteiger partial charge in [-0.15, -0.1) is 0 Å². The van der Waals surface area contributed by atoms with Gasteiger partial charge in [-0.2, -0.15) is 5.26 Å². The Labute approximate surface area is 115 Å². The number of alkyl halides is 1. The van der Waals surface area contributed by atoms with Crippen molar-refractivity contribution in [2.24, 2.45) is 5.41 Å². The molecule has 0 atom stereocenters. The summed E-state index contributed by atoms with van der Waals surface area (Å²) in [6.07, 6.45) is 4.87. The molecule has 0 unspecified atom stereocenters. The van der Waals surface area contributed by atoms with E-state index in [9.17, 15) is 4.79 Å².